The van der Waals surface area contributed by atoms with Crippen molar-refractivity contribution in [2.45, 2.75) is 19.9 Å². The third-order valence-corrected chi connectivity index (χ3v) is 4.79. The third-order valence-electron chi connectivity index (χ3n) is 3.24. The van der Waals surface area contributed by atoms with Crippen LogP contribution in [0.1, 0.15) is 16.7 Å². The van der Waals surface area contributed by atoms with E-state index < -0.39 is 0 Å². The molecule has 0 fully saturated rings. The van der Waals surface area contributed by atoms with Gasteiger partial charge in [-0.2, -0.15) is 0 Å². The Balaban J connectivity index is 1.86. The van der Waals surface area contributed by atoms with Crippen molar-refractivity contribution in [2.24, 2.45) is 0 Å². The summed E-state index contributed by atoms with van der Waals surface area (Å²) in [5.74, 6) is 0. The van der Waals surface area contributed by atoms with Gasteiger partial charge < -0.3 is 5.32 Å². The number of aryl methyl sites for hydroxylation is 1. The molecule has 0 unspecified atom stereocenters. The van der Waals surface area contributed by atoms with E-state index in [0.717, 1.165) is 34.6 Å². The molecule has 2 aromatic heterocycles. The van der Waals surface area contributed by atoms with E-state index in [4.69, 9.17) is 11.6 Å². The number of fused-ring (bicyclic) bond motifs is 1. The smallest absolute Gasteiger partial charge is 0.0948 e. The molecule has 0 saturated carbocycles. The second kappa shape index (κ2) is 5.81. The number of nitrogens with one attached hydrogen (secondary N) is 1. The Morgan fingerprint density at radius 3 is 2.80 bits per heavy atom. The van der Waals surface area contributed by atoms with E-state index >= 15 is 0 Å². The lowest BCUT2D eigenvalue weighted by Gasteiger charge is -2.09. The lowest BCUT2D eigenvalue weighted by molar-refractivity contribution is 1.19. The van der Waals surface area contributed by atoms with Crippen LogP contribution in [0, 0.1) is 0 Å². The van der Waals surface area contributed by atoms with Crippen LogP contribution in [0.4, 0.5) is 5.69 Å². The van der Waals surface area contributed by atoms with Crippen LogP contribution in [0.3, 0.4) is 0 Å². The molecule has 1 aromatic carbocycles. The van der Waals surface area contributed by atoms with Crippen LogP contribution in [-0.4, -0.2) is 4.98 Å². The fourth-order valence-corrected chi connectivity index (χ4v) is 3.28. The minimum atomic E-state index is 0.739. The molecule has 2 heterocycles. The van der Waals surface area contributed by atoms with Gasteiger partial charge in [0, 0.05) is 27.9 Å². The number of aromatic nitrogens is 1. The van der Waals surface area contributed by atoms with E-state index in [1.165, 1.54) is 9.75 Å². The van der Waals surface area contributed by atoms with Crippen LogP contribution < -0.4 is 5.32 Å². The highest BCUT2D eigenvalue weighted by molar-refractivity contribution is 7.12. The number of hydrogen-bond donors (Lipinski definition) is 1. The Kier molecular flexibility index (Phi) is 3.90. The first kappa shape index (κ1) is 13.4. The number of thiophene rings is 1. The molecule has 1 N–H and O–H groups in total. The standard InChI is InChI=1S/C16H15ClN2S/c1-2-11-5-6-12(20-11)10-19-15-8-7-14(17)13-4-3-9-18-16(13)15/h3-9,19H,2,10H2,1H3. The molecule has 0 spiro atoms. The number of nitrogens with zero attached hydrogens (tertiary/aromatic N) is 1. The van der Waals surface area contributed by atoms with E-state index in [1.807, 2.05) is 35.6 Å². The maximum atomic E-state index is 6.20. The summed E-state index contributed by atoms with van der Waals surface area (Å²) in [5, 5.41) is 5.18. The van der Waals surface area contributed by atoms with Crippen molar-refractivity contribution in [1.29, 1.82) is 0 Å². The van der Waals surface area contributed by atoms with Crippen LogP contribution in [0.25, 0.3) is 10.9 Å². The van der Waals surface area contributed by atoms with Crippen molar-refractivity contribution in [2.75, 3.05) is 5.32 Å². The summed E-state index contributed by atoms with van der Waals surface area (Å²) in [4.78, 5) is 7.18. The third kappa shape index (κ3) is 2.65. The summed E-state index contributed by atoms with van der Waals surface area (Å²) in [6, 6.07) is 12.2. The van der Waals surface area contributed by atoms with Gasteiger partial charge in [0.05, 0.1) is 16.2 Å². The lowest BCUT2D eigenvalue weighted by Crippen LogP contribution is -1.99. The van der Waals surface area contributed by atoms with E-state index in [2.05, 4.69) is 29.4 Å². The van der Waals surface area contributed by atoms with Gasteiger partial charge in [0.1, 0.15) is 0 Å². The highest BCUT2D eigenvalue weighted by Crippen LogP contribution is 2.28. The molecule has 4 heteroatoms. The van der Waals surface area contributed by atoms with Crippen LogP contribution in [0.15, 0.2) is 42.6 Å². The predicted molar refractivity (Wildman–Crippen MR) is 87.8 cm³/mol. The summed E-state index contributed by atoms with van der Waals surface area (Å²) < 4.78 is 0. The molecule has 3 rings (SSSR count). The van der Waals surface area contributed by atoms with Crippen molar-refractivity contribution in [3.05, 3.63) is 57.4 Å². The highest BCUT2D eigenvalue weighted by Gasteiger charge is 2.06. The SMILES string of the molecule is CCc1ccc(CNc2ccc(Cl)c3cccnc23)s1. The minimum Gasteiger partial charge on any atom is -0.378 e. The summed E-state index contributed by atoms with van der Waals surface area (Å²) >= 11 is 8.05. The van der Waals surface area contributed by atoms with Gasteiger partial charge >= 0.3 is 0 Å². The van der Waals surface area contributed by atoms with Crippen molar-refractivity contribution < 1.29 is 0 Å². The van der Waals surface area contributed by atoms with Crippen LogP contribution in [0.5, 0.6) is 0 Å². The summed E-state index contributed by atoms with van der Waals surface area (Å²) in [6.45, 7) is 3.00. The van der Waals surface area contributed by atoms with Crippen LogP contribution in [0.2, 0.25) is 5.02 Å². The van der Waals surface area contributed by atoms with Crippen LogP contribution in [-0.2, 0) is 13.0 Å². The van der Waals surface area contributed by atoms with Gasteiger partial charge in [-0.15, -0.1) is 11.3 Å². The zero-order valence-corrected chi connectivity index (χ0v) is 12.8. The Labute approximate surface area is 127 Å². The Morgan fingerprint density at radius 2 is 2.00 bits per heavy atom. The zero-order valence-electron chi connectivity index (χ0n) is 11.2. The molecular weight excluding hydrogens is 288 g/mol. The summed E-state index contributed by atoms with van der Waals surface area (Å²) in [7, 11) is 0. The van der Waals surface area contributed by atoms with Gasteiger partial charge in [0.25, 0.3) is 0 Å². The van der Waals surface area contributed by atoms with Gasteiger partial charge in [0.2, 0.25) is 0 Å². The van der Waals surface area contributed by atoms with E-state index in [-0.39, 0.29) is 0 Å². The molecule has 3 aromatic rings. The van der Waals surface area contributed by atoms with Crippen molar-refractivity contribution in [3.63, 3.8) is 0 Å². The maximum Gasteiger partial charge on any atom is 0.0948 e. The highest BCUT2D eigenvalue weighted by atomic mass is 35.5. The molecule has 0 aliphatic heterocycles. The van der Waals surface area contributed by atoms with Crippen molar-refractivity contribution in [1.82, 2.24) is 4.98 Å². The van der Waals surface area contributed by atoms with Gasteiger partial charge in [-0.05, 0) is 42.8 Å². The zero-order chi connectivity index (χ0) is 13.9. The average Bonchev–Trinajstić information content (AvgIpc) is 2.95. The second-order valence-electron chi connectivity index (χ2n) is 4.57. The van der Waals surface area contributed by atoms with Crippen molar-refractivity contribution in [3.8, 4) is 0 Å². The molecule has 0 radical (unpaired) electrons. The molecule has 0 atom stereocenters. The Hall–Kier alpha value is -1.58. The Morgan fingerprint density at radius 1 is 1.15 bits per heavy atom. The van der Waals surface area contributed by atoms with Gasteiger partial charge in [0.15, 0.2) is 0 Å². The number of anilines is 1. The van der Waals surface area contributed by atoms with E-state index in [1.54, 1.807) is 6.20 Å². The molecule has 102 valence electrons. The van der Waals surface area contributed by atoms with E-state index in [0.29, 0.717) is 0 Å². The maximum absolute atomic E-state index is 6.20. The summed E-state index contributed by atoms with van der Waals surface area (Å²) in [5.41, 5.74) is 1.95. The molecule has 0 amide bonds. The van der Waals surface area contributed by atoms with Crippen molar-refractivity contribution >= 4 is 39.5 Å². The monoisotopic (exact) mass is 302 g/mol. The Bertz CT molecular complexity index is 736. The molecule has 0 aliphatic carbocycles. The largest absolute Gasteiger partial charge is 0.378 e. The lowest BCUT2D eigenvalue weighted by atomic mass is 10.2. The first-order valence-corrected chi connectivity index (χ1v) is 7.82. The van der Waals surface area contributed by atoms with Gasteiger partial charge in [-0.25, -0.2) is 0 Å². The number of halogens is 1. The number of rotatable bonds is 4. The predicted octanol–water partition coefficient (Wildman–Crippen LogP) is 5.12. The molecular formula is C16H15ClN2S. The number of pyridine rings is 1. The van der Waals surface area contributed by atoms with E-state index in [9.17, 15) is 0 Å². The van der Waals surface area contributed by atoms with Gasteiger partial charge in [-0.3, -0.25) is 4.98 Å². The van der Waals surface area contributed by atoms with Crippen LogP contribution >= 0.6 is 22.9 Å². The fourth-order valence-electron chi connectivity index (χ4n) is 2.17. The normalized spacial score (nSPS) is 10.9. The molecule has 0 bridgehead atoms. The quantitative estimate of drug-likeness (QED) is 0.723. The number of benzene rings is 1. The second-order valence-corrected chi connectivity index (χ2v) is 6.23. The van der Waals surface area contributed by atoms with Gasteiger partial charge in [-0.1, -0.05) is 18.5 Å². The molecule has 2 nitrogen and oxygen atoms in total. The first-order chi connectivity index (χ1) is 9.78. The fraction of sp³-hybridized carbons (Fsp3) is 0.188. The average molecular weight is 303 g/mol. The number of hydrogen-bond acceptors (Lipinski definition) is 3. The first-order valence-electron chi connectivity index (χ1n) is 6.62. The summed E-state index contributed by atoms with van der Waals surface area (Å²) in [6.07, 6.45) is 2.89. The minimum absolute atomic E-state index is 0.739. The topological polar surface area (TPSA) is 24.9 Å². The molecule has 0 saturated heterocycles. The molecule has 20 heavy (non-hydrogen) atoms. The molecule has 0 aliphatic rings.